The normalized spacial score (nSPS) is 8.53. The quantitative estimate of drug-likeness (QED) is 0.401. The minimum absolute atomic E-state index is 0. The smallest absolute Gasteiger partial charge is 0 e. The zero-order valence-electron chi connectivity index (χ0n) is 10.0. The van der Waals surface area contributed by atoms with E-state index in [0.29, 0.717) is 6.42 Å². The van der Waals surface area contributed by atoms with Gasteiger partial charge in [0, 0.05) is 40.0 Å². The van der Waals surface area contributed by atoms with E-state index in [1.54, 1.807) is 0 Å². The molecule has 0 rings (SSSR count). The molecule has 0 atom stereocenters. The molecule has 0 amide bonds. The van der Waals surface area contributed by atoms with E-state index in [9.17, 15) is 4.79 Å². The third kappa shape index (κ3) is 27.3. The summed E-state index contributed by atoms with van der Waals surface area (Å²) in [7, 11) is 0. The zero-order chi connectivity index (χ0) is 10.6. The number of carbonyl (C=O) groups is 1. The molecule has 109 valence electrons. The maximum absolute atomic E-state index is 10.2. The van der Waals surface area contributed by atoms with Gasteiger partial charge in [-0.1, -0.05) is 58.3 Å². The van der Waals surface area contributed by atoms with Crippen LogP contribution in [0.3, 0.4) is 0 Å². The molecule has 2 nitrogen and oxygen atoms in total. The average Bonchev–Trinajstić information content (AvgIpc) is 2.15. The summed E-state index contributed by atoms with van der Waals surface area (Å²) >= 11 is 0. The van der Waals surface area contributed by atoms with Crippen molar-refractivity contribution in [2.24, 2.45) is 0 Å². The number of aliphatic carboxylic acids is 1. The predicted molar refractivity (Wildman–Crippen MR) is 68.0 cm³/mol. The van der Waals surface area contributed by atoms with Crippen molar-refractivity contribution in [1.82, 2.24) is 0 Å². The molecular weight excluding hydrogens is 436 g/mol. The number of rotatable bonds is 10. The molecule has 0 unspecified atom stereocenters. The Morgan fingerprint density at radius 3 is 1.59 bits per heavy atom. The van der Waals surface area contributed by atoms with E-state index in [1.807, 2.05) is 0 Å². The van der Waals surface area contributed by atoms with Crippen molar-refractivity contribution in [3.63, 3.8) is 0 Å². The monoisotopic (exact) mass is 461 g/mol. The molecule has 1 N–H and O–H groups in total. The molecule has 0 aromatic heterocycles. The van der Waals surface area contributed by atoms with Gasteiger partial charge >= 0.3 is 54.9 Å². The summed E-state index contributed by atoms with van der Waals surface area (Å²) in [6, 6.07) is 0. The summed E-state index contributed by atoms with van der Waals surface area (Å²) in [5.41, 5.74) is 0. The van der Waals surface area contributed by atoms with Crippen LogP contribution in [0.25, 0.3) is 0 Å². The molecule has 0 spiro atoms. The molecule has 17 heavy (non-hydrogen) atoms. The minimum atomic E-state index is -0.659. The van der Waals surface area contributed by atoms with Gasteiger partial charge in [0.05, 0.1) is 0 Å². The molecule has 0 fully saturated rings. The minimum Gasteiger partial charge on any atom is 0 e. The van der Waals surface area contributed by atoms with E-state index >= 15 is 0 Å². The van der Waals surface area contributed by atoms with Crippen LogP contribution >= 0.6 is 0 Å². The Morgan fingerprint density at radius 2 is 1.24 bits per heavy atom. The van der Waals surface area contributed by atoms with Crippen LogP contribution in [-0.2, 0) is 38.4 Å². The fraction of sp³-hybridized carbons (Fsp3) is 0.917. The van der Waals surface area contributed by atoms with Crippen molar-refractivity contribution >= 4 is 54.9 Å². The fourth-order valence-corrected chi connectivity index (χ4v) is 1.59. The molecule has 0 saturated carbocycles. The van der Waals surface area contributed by atoms with E-state index in [0.717, 1.165) is 12.8 Å². The molecule has 0 aliphatic carbocycles. The first-order valence-corrected chi connectivity index (χ1v) is 5.99. The number of hydrogen-bond acceptors (Lipinski definition) is 1. The Morgan fingerprint density at radius 1 is 0.882 bits per heavy atom. The van der Waals surface area contributed by atoms with Crippen LogP contribution in [-0.4, -0.2) is 60.0 Å². The van der Waals surface area contributed by atoms with E-state index in [4.69, 9.17) is 5.11 Å². The van der Waals surface area contributed by atoms with E-state index in [-0.39, 0.29) is 82.4 Å². The average molecular weight is 462 g/mol. The van der Waals surface area contributed by atoms with Crippen molar-refractivity contribution in [2.45, 2.75) is 71.1 Å². The molecule has 1 radical (unpaired) electrons. The molecule has 0 aromatic carbocycles. The first kappa shape index (κ1) is 27.4. The van der Waals surface area contributed by atoms with Crippen LogP contribution < -0.4 is 0 Å². The molecule has 0 aliphatic heterocycles. The first-order chi connectivity index (χ1) is 6.77. The van der Waals surface area contributed by atoms with E-state index < -0.39 is 5.97 Å². The molecule has 0 aliphatic rings. The van der Waals surface area contributed by atoms with Crippen LogP contribution in [0.4, 0.5) is 0 Å². The molecule has 0 bridgehead atoms. The Hall–Kier alpha value is 2.05. The second kappa shape index (κ2) is 23.2. The van der Waals surface area contributed by atoms with Crippen molar-refractivity contribution in [3.8, 4) is 0 Å². The summed E-state index contributed by atoms with van der Waals surface area (Å²) in [5.74, 6) is -0.659. The molecule has 0 saturated heterocycles. The summed E-state index contributed by atoms with van der Waals surface area (Å²) in [6.07, 6.45) is 11.5. The molecule has 0 aromatic rings. The maximum Gasteiger partial charge on any atom is 0 e. The number of carboxylic acid groups (broad SMARTS) is 1. The summed E-state index contributed by atoms with van der Waals surface area (Å²) < 4.78 is 0. The maximum atomic E-state index is 10.2. The van der Waals surface area contributed by atoms with Gasteiger partial charge in [0.25, 0.3) is 0 Å². The van der Waals surface area contributed by atoms with Gasteiger partial charge in [0.15, 0.2) is 0 Å². The number of unbranched alkanes of at least 4 members (excludes halogenated alkanes) is 8. The summed E-state index contributed by atoms with van der Waals surface area (Å²) in [5, 5.41) is 8.41. The third-order valence-corrected chi connectivity index (χ3v) is 2.49. The van der Waals surface area contributed by atoms with Gasteiger partial charge in [0.1, 0.15) is 0 Å². The first-order valence-electron chi connectivity index (χ1n) is 5.99. The largest absolute Gasteiger partial charge is 0 e. The second-order valence-electron chi connectivity index (χ2n) is 3.97. The van der Waals surface area contributed by atoms with Gasteiger partial charge in [-0.3, -0.25) is 4.79 Å². The number of carboxylic acids is 1. The van der Waals surface area contributed by atoms with Gasteiger partial charge in [0.2, 0.25) is 0 Å². The Balaban J connectivity index is -0.000000282. The topological polar surface area (TPSA) is 37.3 Å². The van der Waals surface area contributed by atoms with E-state index in [1.165, 1.54) is 44.9 Å². The van der Waals surface area contributed by atoms with Crippen molar-refractivity contribution in [3.05, 3.63) is 0 Å². The molecular formula is C12H26BaCuNiO2. The van der Waals surface area contributed by atoms with Gasteiger partial charge < -0.3 is 5.11 Å². The van der Waals surface area contributed by atoms with Crippen LogP contribution in [0.5, 0.6) is 0 Å². The molecule has 0 heterocycles. The van der Waals surface area contributed by atoms with Gasteiger partial charge in [-0.2, -0.15) is 0 Å². The Labute approximate surface area is 167 Å². The fourth-order valence-electron chi connectivity index (χ4n) is 1.59. The van der Waals surface area contributed by atoms with Gasteiger partial charge in [-0.25, -0.2) is 0 Å². The van der Waals surface area contributed by atoms with Gasteiger partial charge in [-0.05, 0) is 6.42 Å². The van der Waals surface area contributed by atoms with Crippen LogP contribution in [0.1, 0.15) is 71.1 Å². The van der Waals surface area contributed by atoms with Crippen molar-refractivity contribution < 1.29 is 43.5 Å². The standard InChI is InChI=1S/C12H24O2.Ba.Cu.Ni.2H/c1-2-3-4-5-6-7-8-9-10-11-12(13)14;;;;;/h2-11H2,1H3,(H,13,14);;;;;. The van der Waals surface area contributed by atoms with Crippen LogP contribution in [0.2, 0.25) is 0 Å². The Kier molecular flexibility index (Phi) is 37.4. The van der Waals surface area contributed by atoms with Crippen molar-refractivity contribution in [2.75, 3.05) is 0 Å². The van der Waals surface area contributed by atoms with Gasteiger partial charge in [-0.15, -0.1) is 0 Å². The summed E-state index contributed by atoms with van der Waals surface area (Å²) in [6.45, 7) is 2.23. The van der Waals surface area contributed by atoms with Crippen LogP contribution in [0.15, 0.2) is 0 Å². The van der Waals surface area contributed by atoms with E-state index in [2.05, 4.69) is 6.92 Å². The molecule has 5 heteroatoms. The van der Waals surface area contributed by atoms with Crippen molar-refractivity contribution in [1.29, 1.82) is 0 Å². The van der Waals surface area contributed by atoms with Crippen LogP contribution in [0, 0.1) is 0 Å². The Bertz CT molecular complexity index is 148. The predicted octanol–water partition coefficient (Wildman–Crippen LogP) is 3.07. The zero-order valence-corrected chi connectivity index (χ0v) is 12.0. The summed E-state index contributed by atoms with van der Waals surface area (Å²) in [4.78, 5) is 10.2. The third-order valence-electron chi connectivity index (χ3n) is 2.49. The second-order valence-corrected chi connectivity index (χ2v) is 3.97. The SMILES string of the molecule is CCCCCCCCCCCC(=O)O.[BaH2].[Cu].[Ni]. The number of hydrogen-bond donors (Lipinski definition) is 1.